The number of aryl methyl sites for hydroxylation is 2. The Morgan fingerprint density at radius 2 is 1.96 bits per heavy atom. The molecule has 2 aliphatic carbocycles. The summed E-state index contributed by atoms with van der Waals surface area (Å²) in [6.07, 6.45) is 3.75. The van der Waals surface area contributed by atoms with E-state index in [1.54, 1.807) is 6.07 Å². The number of aromatic amines is 1. The summed E-state index contributed by atoms with van der Waals surface area (Å²) < 4.78 is 0. The Balaban J connectivity index is 1.62. The zero-order chi connectivity index (χ0) is 16.7. The number of aliphatic hydroxyl groups excluding tert-OH is 1. The Morgan fingerprint density at radius 1 is 1.17 bits per heavy atom. The van der Waals surface area contributed by atoms with Gasteiger partial charge in [-0.25, -0.2) is 0 Å². The summed E-state index contributed by atoms with van der Waals surface area (Å²) in [7, 11) is 0. The number of aliphatic hydroxyl groups is 1. The summed E-state index contributed by atoms with van der Waals surface area (Å²) >= 11 is 0. The molecular weight excluding hydrogens is 304 g/mol. The van der Waals surface area contributed by atoms with Crippen LogP contribution >= 0.6 is 0 Å². The third-order valence-electron chi connectivity index (χ3n) is 5.07. The van der Waals surface area contributed by atoms with Gasteiger partial charge in [-0.3, -0.25) is 9.59 Å². The van der Waals surface area contributed by atoms with Crippen molar-refractivity contribution in [2.75, 3.05) is 0 Å². The van der Waals surface area contributed by atoms with Gasteiger partial charge in [0.1, 0.15) is 5.56 Å². The standard InChI is InChI=1S/C19H20N2O3/c22-16-10-11-5-1-3-7-13(11)17(16)21-19(24)14-9-12-6-2-4-8-15(12)20-18(14)23/h1,3,5,7,9,16-17,22H,2,4,6,8,10H2,(H,20,23)(H,21,24)/t16-,17-/m1/s1. The first kappa shape index (κ1) is 15.1. The van der Waals surface area contributed by atoms with Crippen LogP contribution in [0.4, 0.5) is 0 Å². The summed E-state index contributed by atoms with van der Waals surface area (Å²) in [5, 5.41) is 13.1. The number of nitrogens with one attached hydrogen (secondary N) is 2. The molecule has 0 spiro atoms. The molecule has 1 amide bonds. The molecule has 24 heavy (non-hydrogen) atoms. The van der Waals surface area contributed by atoms with E-state index in [4.69, 9.17) is 0 Å². The second-order valence-electron chi connectivity index (χ2n) is 6.64. The van der Waals surface area contributed by atoms with Crippen molar-refractivity contribution < 1.29 is 9.90 Å². The van der Waals surface area contributed by atoms with Gasteiger partial charge in [0.05, 0.1) is 12.1 Å². The topological polar surface area (TPSA) is 82.2 Å². The number of aromatic nitrogens is 1. The smallest absolute Gasteiger partial charge is 0.261 e. The molecular formula is C19H20N2O3. The van der Waals surface area contributed by atoms with Crippen molar-refractivity contribution in [3.05, 3.63) is 68.6 Å². The number of fused-ring (bicyclic) bond motifs is 2. The molecule has 2 aliphatic rings. The highest BCUT2D eigenvalue weighted by Crippen LogP contribution is 2.31. The van der Waals surface area contributed by atoms with Gasteiger partial charge in [0.2, 0.25) is 0 Å². The van der Waals surface area contributed by atoms with Crippen molar-refractivity contribution in [2.45, 2.75) is 44.2 Å². The number of amides is 1. The van der Waals surface area contributed by atoms with Crippen molar-refractivity contribution in [3.8, 4) is 0 Å². The van der Waals surface area contributed by atoms with E-state index in [1.165, 1.54) is 0 Å². The molecule has 5 nitrogen and oxygen atoms in total. The molecule has 0 aliphatic heterocycles. The molecule has 2 atom stereocenters. The minimum Gasteiger partial charge on any atom is -0.390 e. The second kappa shape index (κ2) is 5.91. The van der Waals surface area contributed by atoms with E-state index in [2.05, 4.69) is 10.3 Å². The zero-order valence-corrected chi connectivity index (χ0v) is 13.3. The number of benzene rings is 1. The Kier molecular flexibility index (Phi) is 3.73. The van der Waals surface area contributed by atoms with Crippen LogP contribution in [0.25, 0.3) is 0 Å². The van der Waals surface area contributed by atoms with Gasteiger partial charge in [-0.15, -0.1) is 0 Å². The van der Waals surface area contributed by atoms with Gasteiger partial charge in [-0.2, -0.15) is 0 Å². The van der Waals surface area contributed by atoms with Crippen molar-refractivity contribution in [1.29, 1.82) is 0 Å². The van der Waals surface area contributed by atoms with E-state index in [-0.39, 0.29) is 11.1 Å². The summed E-state index contributed by atoms with van der Waals surface area (Å²) in [6, 6.07) is 8.93. The largest absolute Gasteiger partial charge is 0.390 e. The van der Waals surface area contributed by atoms with Crippen LogP contribution in [0.15, 0.2) is 35.1 Å². The molecule has 0 unspecified atom stereocenters. The van der Waals surface area contributed by atoms with Gasteiger partial charge in [0.25, 0.3) is 11.5 Å². The van der Waals surface area contributed by atoms with Gasteiger partial charge in [0, 0.05) is 12.1 Å². The Labute approximate surface area is 139 Å². The summed E-state index contributed by atoms with van der Waals surface area (Å²) in [6.45, 7) is 0. The van der Waals surface area contributed by atoms with Crippen molar-refractivity contribution in [1.82, 2.24) is 10.3 Å². The average molecular weight is 324 g/mol. The lowest BCUT2D eigenvalue weighted by atomic mass is 9.95. The third-order valence-corrected chi connectivity index (χ3v) is 5.07. The van der Waals surface area contributed by atoms with Crippen LogP contribution in [-0.4, -0.2) is 22.1 Å². The first-order valence-corrected chi connectivity index (χ1v) is 8.45. The zero-order valence-electron chi connectivity index (χ0n) is 13.3. The molecule has 1 aromatic carbocycles. The fourth-order valence-corrected chi connectivity index (χ4v) is 3.81. The molecule has 0 fully saturated rings. The lowest BCUT2D eigenvalue weighted by Gasteiger charge is -2.19. The first-order valence-electron chi connectivity index (χ1n) is 8.45. The Morgan fingerprint density at radius 3 is 2.83 bits per heavy atom. The first-order chi connectivity index (χ1) is 11.6. The normalized spacial score (nSPS) is 21.9. The summed E-state index contributed by atoms with van der Waals surface area (Å²) in [5.74, 6) is -0.426. The maximum Gasteiger partial charge on any atom is 0.261 e. The molecule has 124 valence electrons. The molecule has 0 radical (unpaired) electrons. The second-order valence-corrected chi connectivity index (χ2v) is 6.64. The summed E-state index contributed by atoms with van der Waals surface area (Å²) in [5.41, 5.74) is 3.75. The van der Waals surface area contributed by atoms with Gasteiger partial charge < -0.3 is 15.4 Å². The number of pyridine rings is 1. The average Bonchev–Trinajstić information content (AvgIpc) is 2.90. The van der Waals surface area contributed by atoms with E-state index in [0.29, 0.717) is 6.42 Å². The maximum atomic E-state index is 12.6. The Bertz CT molecular complexity index is 856. The number of rotatable bonds is 2. The van der Waals surface area contributed by atoms with Crippen LogP contribution in [0.1, 0.15) is 51.6 Å². The van der Waals surface area contributed by atoms with Gasteiger partial charge in [-0.05, 0) is 48.4 Å². The highest BCUT2D eigenvalue weighted by atomic mass is 16.3. The van der Waals surface area contributed by atoms with E-state index in [9.17, 15) is 14.7 Å². The van der Waals surface area contributed by atoms with Gasteiger partial charge in [0.15, 0.2) is 0 Å². The highest BCUT2D eigenvalue weighted by Gasteiger charge is 2.32. The predicted octanol–water partition coefficient (Wildman–Crippen LogP) is 1.64. The number of hydrogen-bond acceptors (Lipinski definition) is 3. The van der Waals surface area contributed by atoms with Crippen LogP contribution in [0, 0.1) is 0 Å². The molecule has 0 saturated heterocycles. The van der Waals surface area contributed by atoms with E-state index >= 15 is 0 Å². The molecule has 2 aromatic rings. The van der Waals surface area contributed by atoms with E-state index < -0.39 is 18.1 Å². The van der Waals surface area contributed by atoms with Gasteiger partial charge in [-0.1, -0.05) is 24.3 Å². The van der Waals surface area contributed by atoms with Crippen molar-refractivity contribution in [2.24, 2.45) is 0 Å². The van der Waals surface area contributed by atoms with Crippen LogP contribution < -0.4 is 10.9 Å². The fraction of sp³-hybridized carbons (Fsp3) is 0.368. The molecule has 4 rings (SSSR count). The fourth-order valence-electron chi connectivity index (χ4n) is 3.81. The number of carbonyl (C=O) groups excluding carboxylic acids is 1. The molecule has 1 heterocycles. The van der Waals surface area contributed by atoms with Crippen LogP contribution in [0.3, 0.4) is 0 Å². The molecule has 3 N–H and O–H groups in total. The van der Waals surface area contributed by atoms with Crippen LogP contribution in [0.2, 0.25) is 0 Å². The van der Waals surface area contributed by atoms with Gasteiger partial charge >= 0.3 is 0 Å². The SMILES string of the molecule is O=C(N[C@@H]1c2ccccc2C[C@H]1O)c1cc2c([nH]c1=O)CCCC2. The lowest BCUT2D eigenvalue weighted by molar-refractivity contribution is 0.0856. The molecule has 1 aromatic heterocycles. The molecule has 0 bridgehead atoms. The number of hydrogen-bond donors (Lipinski definition) is 3. The number of H-pyrrole nitrogens is 1. The maximum absolute atomic E-state index is 12.6. The third kappa shape index (κ3) is 2.55. The predicted molar refractivity (Wildman–Crippen MR) is 90.1 cm³/mol. The lowest BCUT2D eigenvalue weighted by Crippen LogP contribution is -2.37. The number of carbonyl (C=O) groups is 1. The monoisotopic (exact) mass is 324 g/mol. The summed E-state index contributed by atoms with van der Waals surface area (Å²) in [4.78, 5) is 27.7. The molecule has 0 saturated carbocycles. The quantitative estimate of drug-likeness (QED) is 0.785. The van der Waals surface area contributed by atoms with Crippen LogP contribution in [-0.2, 0) is 19.3 Å². The van der Waals surface area contributed by atoms with E-state index in [0.717, 1.165) is 48.1 Å². The van der Waals surface area contributed by atoms with Crippen molar-refractivity contribution in [3.63, 3.8) is 0 Å². The van der Waals surface area contributed by atoms with Crippen molar-refractivity contribution >= 4 is 5.91 Å². The molecule has 5 heteroatoms. The minimum atomic E-state index is -0.664. The minimum absolute atomic E-state index is 0.132. The van der Waals surface area contributed by atoms with E-state index in [1.807, 2.05) is 24.3 Å². The van der Waals surface area contributed by atoms with Crippen LogP contribution in [0.5, 0.6) is 0 Å². The highest BCUT2D eigenvalue weighted by molar-refractivity contribution is 5.94. The Hall–Kier alpha value is -2.40.